The average Bonchev–Trinajstić information content (AvgIpc) is 2.72. The molecule has 0 N–H and O–H groups in total. The van der Waals surface area contributed by atoms with E-state index in [1.807, 2.05) is 6.07 Å². The van der Waals surface area contributed by atoms with Gasteiger partial charge in [0.1, 0.15) is 4.88 Å². The third-order valence-electron chi connectivity index (χ3n) is 2.49. The Hall–Kier alpha value is -0.870. The monoisotopic (exact) mass is 211 g/mol. The fraction of sp³-hybridized carbons (Fsp3) is 0.500. The lowest BCUT2D eigenvalue weighted by atomic mass is 10.3. The van der Waals surface area contributed by atoms with Crippen molar-refractivity contribution in [3.05, 3.63) is 21.4 Å². The molecule has 14 heavy (non-hydrogen) atoms. The van der Waals surface area contributed by atoms with Gasteiger partial charge in [-0.3, -0.25) is 4.90 Å². The van der Waals surface area contributed by atoms with Gasteiger partial charge in [-0.25, -0.2) is 4.79 Å². The Morgan fingerprint density at radius 2 is 2.43 bits per heavy atom. The van der Waals surface area contributed by atoms with E-state index in [9.17, 15) is 4.79 Å². The summed E-state index contributed by atoms with van der Waals surface area (Å²) in [6.45, 7) is 5.17. The van der Waals surface area contributed by atoms with Gasteiger partial charge in [0.15, 0.2) is 0 Å². The summed E-state index contributed by atoms with van der Waals surface area (Å²) in [6.07, 6.45) is 0. The van der Waals surface area contributed by atoms with Gasteiger partial charge in [0.05, 0.1) is 7.11 Å². The van der Waals surface area contributed by atoms with Crippen molar-refractivity contribution in [2.45, 2.75) is 20.0 Å². The van der Waals surface area contributed by atoms with Crippen molar-refractivity contribution in [3.63, 3.8) is 0 Å². The van der Waals surface area contributed by atoms with E-state index in [0.29, 0.717) is 0 Å². The largest absolute Gasteiger partial charge is 0.465 e. The van der Waals surface area contributed by atoms with Gasteiger partial charge in [0, 0.05) is 18.0 Å². The number of hydrogen-bond acceptors (Lipinski definition) is 4. The Kier molecular flexibility index (Phi) is 2.56. The molecule has 1 aliphatic rings. The van der Waals surface area contributed by atoms with Gasteiger partial charge in [0.2, 0.25) is 0 Å². The molecule has 0 fully saturated rings. The van der Waals surface area contributed by atoms with Crippen LogP contribution in [0, 0.1) is 0 Å². The highest BCUT2D eigenvalue weighted by atomic mass is 32.1. The van der Waals surface area contributed by atoms with E-state index in [1.165, 1.54) is 17.6 Å². The first kappa shape index (κ1) is 9.68. The van der Waals surface area contributed by atoms with Crippen molar-refractivity contribution in [2.24, 2.45) is 0 Å². The Balaban J connectivity index is 2.18. The molecule has 0 bridgehead atoms. The molecule has 2 heterocycles. The standard InChI is InChI=1S/C10H13NO2S/c1-3-11-5-7-4-8(10(12)13-2)14-9(7)6-11/h4H,3,5-6H2,1-2H3. The van der Waals surface area contributed by atoms with Crippen LogP contribution in [-0.4, -0.2) is 24.5 Å². The maximum absolute atomic E-state index is 11.2. The summed E-state index contributed by atoms with van der Waals surface area (Å²) in [5, 5.41) is 0. The number of nitrogens with zero attached hydrogens (tertiary/aromatic N) is 1. The number of carbonyl (C=O) groups is 1. The first-order valence-corrected chi connectivity index (χ1v) is 5.48. The zero-order valence-electron chi connectivity index (χ0n) is 8.37. The van der Waals surface area contributed by atoms with Gasteiger partial charge in [0.25, 0.3) is 0 Å². The van der Waals surface area contributed by atoms with Gasteiger partial charge in [-0.1, -0.05) is 6.92 Å². The van der Waals surface area contributed by atoms with Crippen LogP contribution in [0.3, 0.4) is 0 Å². The number of hydrogen-bond donors (Lipinski definition) is 0. The second kappa shape index (κ2) is 3.71. The number of rotatable bonds is 2. The Morgan fingerprint density at radius 1 is 1.64 bits per heavy atom. The molecule has 0 atom stereocenters. The van der Waals surface area contributed by atoms with Crippen LogP contribution >= 0.6 is 11.3 Å². The molecule has 0 saturated heterocycles. The summed E-state index contributed by atoms with van der Waals surface area (Å²) in [6, 6.07) is 1.96. The average molecular weight is 211 g/mol. The molecule has 3 nitrogen and oxygen atoms in total. The lowest BCUT2D eigenvalue weighted by Crippen LogP contribution is -2.15. The molecule has 2 rings (SSSR count). The van der Waals surface area contributed by atoms with E-state index in [0.717, 1.165) is 24.5 Å². The SMILES string of the molecule is CCN1Cc2cc(C(=O)OC)sc2C1. The Bertz CT molecular complexity index is 336. The van der Waals surface area contributed by atoms with Crippen molar-refractivity contribution >= 4 is 17.3 Å². The third-order valence-corrected chi connectivity index (χ3v) is 3.63. The molecule has 0 spiro atoms. The van der Waals surface area contributed by atoms with Crippen LogP contribution < -0.4 is 0 Å². The first-order chi connectivity index (χ1) is 6.74. The van der Waals surface area contributed by atoms with Crippen LogP contribution in [0.1, 0.15) is 27.0 Å². The number of carbonyl (C=O) groups excluding carboxylic acids is 1. The van der Waals surface area contributed by atoms with Crippen molar-refractivity contribution in [3.8, 4) is 0 Å². The van der Waals surface area contributed by atoms with Crippen LogP contribution in [0.15, 0.2) is 6.07 Å². The van der Waals surface area contributed by atoms with Crippen molar-refractivity contribution in [1.29, 1.82) is 0 Å². The van der Waals surface area contributed by atoms with Crippen LogP contribution in [0.5, 0.6) is 0 Å². The summed E-state index contributed by atoms with van der Waals surface area (Å²) in [5.74, 6) is -0.215. The maximum atomic E-state index is 11.2. The molecule has 0 aromatic carbocycles. The van der Waals surface area contributed by atoms with Gasteiger partial charge in [-0.15, -0.1) is 11.3 Å². The smallest absolute Gasteiger partial charge is 0.348 e. The van der Waals surface area contributed by atoms with Crippen LogP contribution in [0.2, 0.25) is 0 Å². The molecule has 0 unspecified atom stereocenters. The minimum absolute atomic E-state index is 0.215. The minimum Gasteiger partial charge on any atom is -0.465 e. The third kappa shape index (κ3) is 1.55. The second-order valence-electron chi connectivity index (χ2n) is 3.35. The summed E-state index contributed by atoms with van der Waals surface area (Å²) in [7, 11) is 1.42. The lowest BCUT2D eigenvalue weighted by molar-refractivity contribution is 0.0606. The summed E-state index contributed by atoms with van der Waals surface area (Å²) in [4.78, 5) is 15.6. The van der Waals surface area contributed by atoms with Gasteiger partial charge in [-0.05, 0) is 18.2 Å². The topological polar surface area (TPSA) is 29.5 Å². The highest BCUT2D eigenvalue weighted by Crippen LogP contribution is 2.30. The highest BCUT2D eigenvalue weighted by molar-refractivity contribution is 7.14. The van der Waals surface area contributed by atoms with Crippen LogP contribution in [0.25, 0.3) is 0 Å². The highest BCUT2D eigenvalue weighted by Gasteiger charge is 2.22. The molecule has 0 aliphatic carbocycles. The molecule has 0 amide bonds. The molecular weight excluding hydrogens is 198 g/mol. The van der Waals surface area contributed by atoms with Crippen LogP contribution in [0.4, 0.5) is 0 Å². The molecular formula is C10H13NO2S. The molecule has 76 valence electrons. The van der Waals surface area contributed by atoms with E-state index < -0.39 is 0 Å². The van der Waals surface area contributed by atoms with Crippen LogP contribution in [-0.2, 0) is 17.8 Å². The van der Waals surface area contributed by atoms with Crippen molar-refractivity contribution in [2.75, 3.05) is 13.7 Å². The normalized spacial score (nSPS) is 15.6. The Morgan fingerprint density at radius 3 is 3.00 bits per heavy atom. The quantitative estimate of drug-likeness (QED) is 0.699. The molecule has 1 aromatic heterocycles. The number of ether oxygens (including phenoxy) is 1. The van der Waals surface area contributed by atoms with Gasteiger partial charge in [-0.2, -0.15) is 0 Å². The number of methoxy groups -OCH3 is 1. The van der Waals surface area contributed by atoms with Crippen molar-refractivity contribution in [1.82, 2.24) is 4.90 Å². The minimum atomic E-state index is -0.215. The molecule has 4 heteroatoms. The molecule has 1 aromatic rings. The first-order valence-electron chi connectivity index (χ1n) is 4.66. The summed E-state index contributed by atoms with van der Waals surface area (Å²) >= 11 is 1.56. The fourth-order valence-corrected chi connectivity index (χ4v) is 2.79. The maximum Gasteiger partial charge on any atom is 0.348 e. The van der Waals surface area contributed by atoms with Gasteiger partial charge < -0.3 is 4.74 Å². The summed E-state index contributed by atoms with van der Waals surface area (Å²) < 4.78 is 4.68. The molecule has 0 radical (unpaired) electrons. The van der Waals surface area contributed by atoms with E-state index >= 15 is 0 Å². The molecule has 0 saturated carbocycles. The predicted molar refractivity (Wildman–Crippen MR) is 55.4 cm³/mol. The van der Waals surface area contributed by atoms with E-state index in [-0.39, 0.29) is 5.97 Å². The zero-order valence-corrected chi connectivity index (χ0v) is 9.19. The second-order valence-corrected chi connectivity index (χ2v) is 4.49. The Labute approximate surface area is 87.3 Å². The van der Waals surface area contributed by atoms with Gasteiger partial charge >= 0.3 is 5.97 Å². The van der Waals surface area contributed by atoms with Crippen molar-refractivity contribution < 1.29 is 9.53 Å². The number of thiophene rings is 1. The number of esters is 1. The fourth-order valence-electron chi connectivity index (χ4n) is 1.66. The predicted octanol–water partition coefficient (Wildman–Crippen LogP) is 1.87. The number of fused-ring (bicyclic) bond motifs is 1. The zero-order chi connectivity index (χ0) is 10.1. The van der Waals surface area contributed by atoms with E-state index in [4.69, 9.17) is 0 Å². The summed E-state index contributed by atoms with van der Waals surface area (Å²) in [5.41, 5.74) is 1.29. The lowest BCUT2D eigenvalue weighted by Gasteiger charge is -2.10. The molecule has 1 aliphatic heterocycles. The van der Waals surface area contributed by atoms with E-state index in [1.54, 1.807) is 11.3 Å². The van der Waals surface area contributed by atoms with E-state index in [2.05, 4.69) is 16.6 Å².